The Balaban J connectivity index is 2.06. The van der Waals surface area contributed by atoms with Gasteiger partial charge in [-0.2, -0.15) is 0 Å². The number of imidazole rings is 1. The molecule has 3 rings (SSSR count). The first-order valence-electron chi connectivity index (χ1n) is 5.43. The first-order chi connectivity index (χ1) is 8.24. The lowest BCUT2D eigenvalue weighted by Gasteiger charge is -2.06. The molecule has 0 aliphatic rings. The van der Waals surface area contributed by atoms with Crippen LogP contribution in [0.4, 0.5) is 4.39 Å². The molecule has 0 saturated carbocycles. The summed E-state index contributed by atoms with van der Waals surface area (Å²) in [6.45, 7) is 0.698. The Morgan fingerprint density at radius 3 is 2.94 bits per heavy atom. The molecule has 17 heavy (non-hydrogen) atoms. The average Bonchev–Trinajstić information content (AvgIpc) is 2.88. The number of nitrogens with zero attached hydrogens (tertiary/aromatic N) is 3. The molecule has 0 aliphatic heterocycles. The van der Waals surface area contributed by atoms with E-state index in [0.29, 0.717) is 6.54 Å². The van der Waals surface area contributed by atoms with Crippen molar-refractivity contribution in [1.29, 1.82) is 0 Å². The molecule has 0 radical (unpaired) electrons. The number of benzene rings is 1. The molecule has 86 valence electrons. The Bertz CT molecular complexity index is 666. The zero-order valence-electron chi connectivity index (χ0n) is 9.47. The van der Waals surface area contributed by atoms with Crippen molar-refractivity contribution in [2.45, 2.75) is 6.54 Å². The van der Waals surface area contributed by atoms with Gasteiger partial charge in [-0.1, -0.05) is 0 Å². The van der Waals surface area contributed by atoms with E-state index in [1.54, 1.807) is 18.5 Å². The minimum atomic E-state index is -0.206. The second-order valence-electron chi connectivity index (χ2n) is 4.14. The molecule has 0 saturated heterocycles. The zero-order chi connectivity index (χ0) is 11.8. The van der Waals surface area contributed by atoms with Gasteiger partial charge in [0.05, 0.1) is 24.1 Å². The van der Waals surface area contributed by atoms with Gasteiger partial charge in [-0.05, 0) is 29.7 Å². The van der Waals surface area contributed by atoms with Gasteiger partial charge < -0.3 is 9.13 Å². The van der Waals surface area contributed by atoms with E-state index in [2.05, 4.69) is 4.98 Å². The Morgan fingerprint density at radius 2 is 2.18 bits per heavy atom. The van der Waals surface area contributed by atoms with Gasteiger partial charge in [0.1, 0.15) is 5.82 Å². The van der Waals surface area contributed by atoms with E-state index in [-0.39, 0.29) is 5.82 Å². The molecular weight excluding hydrogens is 217 g/mol. The standard InChI is InChI=1S/C13H12FN3/c1-16-9-15-7-12(16)8-17-5-4-10-2-3-11(14)6-13(10)17/h2-7,9H,8H2,1H3. The molecule has 3 aromatic rings. The van der Waals surface area contributed by atoms with Crippen LogP contribution in [0, 0.1) is 5.82 Å². The van der Waals surface area contributed by atoms with Gasteiger partial charge in [-0.15, -0.1) is 0 Å². The highest BCUT2D eigenvalue weighted by molar-refractivity contribution is 5.80. The van der Waals surface area contributed by atoms with E-state index in [4.69, 9.17) is 0 Å². The lowest BCUT2D eigenvalue weighted by Crippen LogP contribution is -2.02. The molecule has 0 atom stereocenters. The third-order valence-electron chi connectivity index (χ3n) is 2.98. The fourth-order valence-electron chi connectivity index (χ4n) is 2.01. The minimum Gasteiger partial charge on any atom is -0.341 e. The van der Waals surface area contributed by atoms with E-state index >= 15 is 0 Å². The van der Waals surface area contributed by atoms with E-state index in [0.717, 1.165) is 16.6 Å². The highest BCUT2D eigenvalue weighted by Gasteiger charge is 2.05. The Morgan fingerprint density at radius 1 is 1.29 bits per heavy atom. The van der Waals surface area contributed by atoms with Crippen LogP contribution in [0.3, 0.4) is 0 Å². The van der Waals surface area contributed by atoms with E-state index < -0.39 is 0 Å². The first-order valence-corrected chi connectivity index (χ1v) is 5.43. The van der Waals surface area contributed by atoms with Gasteiger partial charge in [0.15, 0.2) is 0 Å². The summed E-state index contributed by atoms with van der Waals surface area (Å²) in [5.74, 6) is -0.206. The van der Waals surface area contributed by atoms with Crippen LogP contribution in [0.1, 0.15) is 5.69 Å². The van der Waals surface area contributed by atoms with Crippen LogP contribution in [0.15, 0.2) is 43.0 Å². The quantitative estimate of drug-likeness (QED) is 0.662. The molecule has 0 unspecified atom stereocenters. The summed E-state index contributed by atoms with van der Waals surface area (Å²) in [5, 5.41) is 1.05. The lowest BCUT2D eigenvalue weighted by molar-refractivity contribution is 0.628. The Labute approximate surface area is 98.1 Å². The molecule has 2 aromatic heterocycles. The predicted octanol–water partition coefficient (Wildman–Crippen LogP) is 2.56. The van der Waals surface area contributed by atoms with Crippen LogP contribution in [0.5, 0.6) is 0 Å². The largest absolute Gasteiger partial charge is 0.341 e. The molecule has 0 spiro atoms. The summed E-state index contributed by atoms with van der Waals surface area (Å²) in [4.78, 5) is 4.08. The second-order valence-corrected chi connectivity index (χ2v) is 4.14. The normalized spacial score (nSPS) is 11.2. The van der Waals surface area contributed by atoms with Crippen molar-refractivity contribution in [1.82, 2.24) is 14.1 Å². The SMILES string of the molecule is Cn1cncc1Cn1ccc2ccc(F)cc21. The molecule has 2 heterocycles. The third-order valence-corrected chi connectivity index (χ3v) is 2.98. The maximum atomic E-state index is 13.2. The molecule has 0 bridgehead atoms. The lowest BCUT2D eigenvalue weighted by atomic mass is 10.2. The number of halogens is 1. The smallest absolute Gasteiger partial charge is 0.125 e. The maximum absolute atomic E-state index is 13.2. The van der Waals surface area contributed by atoms with Crippen LogP contribution in [0.2, 0.25) is 0 Å². The van der Waals surface area contributed by atoms with Crippen molar-refractivity contribution in [3.05, 3.63) is 54.5 Å². The molecule has 3 nitrogen and oxygen atoms in total. The zero-order valence-corrected chi connectivity index (χ0v) is 9.47. The van der Waals surface area contributed by atoms with Crippen LogP contribution in [-0.4, -0.2) is 14.1 Å². The number of hydrogen-bond acceptors (Lipinski definition) is 1. The first kappa shape index (κ1) is 10.1. The number of rotatable bonds is 2. The van der Waals surface area contributed by atoms with Crippen molar-refractivity contribution in [3.8, 4) is 0 Å². The number of aromatic nitrogens is 3. The Kier molecular flexibility index (Phi) is 2.21. The van der Waals surface area contributed by atoms with Crippen molar-refractivity contribution >= 4 is 10.9 Å². The van der Waals surface area contributed by atoms with Gasteiger partial charge in [0.2, 0.25) is 0 Å². The molecule has 0 N–H and O–H groups in total. The molecule has 0 aliphatic carbocycles. The Hall–Kier alpha value is -2.10. The molecule has 4 heteroatoms. The van der Waals surface area contributed by atoms with Crippen molar-refractivity contribution in [2.75, 3.05) is 0 Å². The van der Waals surface area contributed by atoms with Crippen LogP contribution in [-0.2, 0) is 13.6 Å². The predicted molar refractivity (Wildman–Crippen MR) is 64.2 cm³/mol. The van der Waals surface area contributed by atoms with Gasteiger partial charge in [-0.25, -0.2) is 9.37 Å². The van der Waals surface area contributed by atoms with Gasteiger partial charge in [0.25, 0.3) is 0 Å². The van der Waals surface area contributed by atoms with Crippen molar-refractivity contribution in [3.63, 3.8) is 0 Å². The van der Waals surface area contributed by atoms with Gasteiger partial charge >= 0.3 is 0 Å². The monoisotopic (exact) mass is 229 g/mol. The fourth-order valence-corrected chi connectivity index (χ4v) is 2.01. The summed E-state index contributed by atoms with van der Waals surface area (Å²) in [6, 6.07) is 6.83. The molecule has 1 aromatic carbocycles. The van der Waals surface area contributed by atoms with Crippen molar-refractivity contribution < 1.29 is 4.39 Å². The number of fused-ring (bicyclic) bond motifs is 1. The number of aryl methyl sites for hydroxylation is 1. The minimum absolute atomic E-state index is 0.206. The van der Waals surface area contributed by atoms with Crippen molar-refractivity contribution in [2.24, 2.45) is 7.05 Å². The summed E-state index contributed by atoms with van der Waals surface area (Å²) in [5.41, 5.74) is 2.00. The molecule has 0 amide bonds. The summed E-state index contributed by atoms with van der Waals surface area (Å²) >= 11 is 0. The van der Waals surface area contributed by atoms with Crippen LogP contribution in [0.25, 0.3) is 10.9 Å². The second kappa shape index (κ2) is 3.73. The summed E-state index contributed by atoms with van der Waals surface area (Å²) in [7, 11) is 1.95. The fraction of sp³-hybridized carbons (Fsp3) is 0.154. The topological polar surface area (TPSA) is 22.8 Å². The summed E-state index contributed by atoms with van der Waals surface area (Å²) in [6.07, 6.45) is 5.56. The van der Waals surface area contributed by atoms with Crippen LogP contribution >= 0.6 is 0 Å². The van der Waals surface area contributed by atoms with E-state index in [9.17, 15) is 4.39 Å². The average molecular weight is 229 g/mol. The third kappa shape index (κ3) is 1.71. The molecule has 0 fully saturated rings. The number of hydrogen-bond donors (Lipinski definition) is 0. The molecular formula is C13H12FN3. The highest BCUT2D eigenvalue weighted by Crippen LogP contribution is 2.18. The highest BCUT2D eigenvalue weighted by atomic mass is 19.1. The van der Waals surface area contributed by atoms with Gasteiger partial charge in [0, 0.05) is 19.4 Å². The van der Waals surface area contributed by atoms with E-state index in [1.165, 1.54) is 6.07 Å². The summed E-state index contributed by atoms with van der Waals surface area (Å²) < 4.78 is 17.2. The van der Waals surface area contributed by atoms with Gasteiger partial charge in [-0.3, -0.25) is 0 Å². The van der Waals surface area contributed by atoms with Crippen LogP contribution < -0.4 is 0 Å². The van der Waals surface area contributed by atoms with E-state index in [1.807, 2.05) is 34.6 Å². The maximum Gasteiger partial charge on any atom is 0.125 e.